The van der Waals surface area contributed by atoms with Crippen LogP contribution in [0.4, 0.5) is 5.69 Å². The summed E-state index contributed by atoms with van der Waals surface area (Å²) in [6.45, 7) is 2.82. The van der Waals surface area contributed by atoms with Crippen molar-refractivity contribution in [3.63, 3.8) is 0 Å². The molecule has 0 radical (unpaired) electrons. The van der Waals surface area contributed by atoms with Crippen molar-refractivity contribution in [1.29, 1.82) is 0 Å². The lowest BCUT2D eigenvalue weighted by Gasteiger charge is -2.10. The quantitative estimate of drug-likeness (QED) is 0.735. The van der Waals surface area contributed by atoms with Gasteiger partial charge in [-0.25, -0.2) is 4.98 Å². The van der Waals surface area contributed by atoms with Gasteiger partial charge in [-0.15, -0.1) is 0 Å². The van der Waals surface area contributed by atoms with E-state index < -0.39 is 0 Å². The number of nitrogens with two attached hydrogens (primary N) is 1. The number of nitrogens with zero attached hydrogens (tertiary/aromatic N) is 2. The molecule has 20 heavy (non-hydrogen) atoms. The maximum Gasteiger partial charge on any atom is 0.140 e. The van der Waals surface area contributed by atoms with E-state index in [1.54, 1.807) is 0 Å². The summed E-state index contributed by atoms with van der Waals surface area (Å²) in [7, 11) is 0. The van der Waals surface area contributed by atoms with E-state index in [-0.39, 0.29) is 0 Å². The number of aromatic nitrogens is 2. The number of imidazole rings is 1. The molecule has 0 unspecified atom stereocenters. The molecule has 0 amide bonds. The van der Waals surface area contributed by atoms with Crippen molar-refractivity contribution in [3.8, 4) is 11.4 Å². The first-order valence-electron chi connectivity index (χ1n) is 6.65. The lowest BCUT2D eigenvalue weighted by atomic mass is 10.1. The van der Waals surface area contributed by atoms with Gasteiger partial charge in [0.25, 0.3) is 0 Å². The van der Waals surface area contributed by atoms with E-state index in [2.05, 4.69) is 40.7 Å². The van der Waals surface area contributed by atoms with Crippen LogP contribution in [0.1, 0.15) is 11.1 Å². The lowest BCUT2D eigenvalue weighted by Crippen LogP contribution is -2.03. The molecule has 0 aliphatic heterocycles. The average molecular weight is 263 g/mol. The minimum atomic E-state index is 0.732. The van der Waals surface area contributed by atoms with Crippen LogP contribution < -0.4 is 5.73 Å². The number of hydrogen-bond donors (Lipinski definition) is 1. The summed E-state index contributed by atoms with van der Waals surface area (Å²) in [5.74, 6) is 0.966. The normalized spacial score (nSPS) is 10.7. The van der Waals surface area contributed by atoms with Crippen LogP contribution in [0.25, 0.3) is 11.4 Å². The van der Waals surface area contributed by atoms with E-state index in [0.717, 1.165) is 29.2 Å². The molecule has 3 nitrogen and oxygen atoms in total. The number of anilines is 1. The summed E-state index contributed by atoms with van der Waals surface area (Å²) < 4.78 is 2.12. The molecular formula is C17H17N3. The molecule has 3 heteroatoms. The zero-order valence-electron chi connectivity index (χ0n) is 11.5. The summed E-state index contributed by atoms with van der Waals surface area (Å²) in [5.41, 5.74) is 10.3. The SMILES string of the molecule is Cc1ccc(-c2nccn2Cc2ccccc2N)cc1. The van der Waals surface area contributed by atoms with E-state index in [4.69, 9.17) is 5.73 Å². The maximum absolute atomic E-state index is 6.01. The standard InChI is InChI=1S/C17H17N3/c1-13-6-8-14(9-7-13)17-19-10-11-20(17)12-15-4-2-3-5-16(15)18/h2-11H,12,18H2,1H3. The number of aryl methyl sites for hydroxylation is 1. The molecule has 0 aliphatic rings. The molecule has 2 aromatic carbocycles. The van der Waals surface area contributed by atoms with Crippen LogP contribution in [0.3, 0.4) is 0 Å². The molecular weight excluding hydrogens is 246 g/mol. The average Bonchev–Trinajstić information content (AvgIpc) is 2.90. The van der Waals surface area contributed by atoms with Gasteiger partial charge in [0.05, 0.1) is 6.54 Å². The Labute approximate surface area is 118 Å². The van der Waals surface area contributed by atoms with E-state index in [1.807, 2.05) is 36.7 Å². The Morgan fingerprint density at radius 2 is 1.80 bits per heavy atom. The highest BCUT2D eigenvalue weighted by molar-refractivity contribution is 5.56. The molecule has 3 rings (SSSR count). The van der Waals surface area contributed by atoms with E-state index in [1.165, 1.54) is 5.56 Å². The Kier molecular flexibility index (Phi) is 3.25. The van der Waals surface area contributed by atoms with Crippen molar-refractivity contribution >= 4 is 5.69 Å². The molecule has 0 bridgehead atoms. The highest BCUT2D eigenvalue weighted by Crippen LogP contribution is 2.20. The Bertz CT molecular complexity index is 711. The number of benzene rings is 2. The molecule has 0 saturated carbocycles. The Balaban J connectivity index is 1.95. The molecule has 2 N–H and O–H groups in total. The molecule has 0 spiro atoms. The van der Waals surface area contributed by atoms with Gasteiger partial charge in [0.1, 0.15) is 5.82 Å². The van der Waals surface area contributed by atoms with Crippen molar-refractivity contribution < 1.29 is 0 Å². The summed E-state index contributed by atoms with van der Waals surface area (Å²) in [6.07, 6.45) is 3.82. The van der Waals surface area contributed by atoms with Crippen LogP contribution in [0.5, 0.6) is 0 Å². The van der Waals surface area contributed by atoms with Gasteiger partial charge in [-0.3, -0.25) is 0 Å². The van der Waals surface area contributed by atoms with Crippen molar-refractivity contribution in [3.05, 3.63) is 72.1 Å². The van der Waals surface area contributed by atoms with Crippen molar-refractivity contribution in [1.82, 2.24) is 9.55 Å². The molecule has 0 aliphatic carbocycles. The fraction of sp³-hybridized carbons (Fsp3) is 0.118. The minimum Gasteiger partial charge on any atom is -0.398 e. The highest BCUT2D eigenvalue weighted by Gasteiger charge is 2.07. The molecule has 0 saturated heterocycles. The zero-order chi connectivity index (χ0) is 13.9. The first-order valence-corrected chi connectivity index (χ1v) is 6.65. The fourth-order valence-electron chi connectivity index (χ4n) is 2.26. The van der Waals surface area contributed by atoms with Gasteiger partial charge in [0.15, 0.2) is 0 Å². The predicted molar refractivity (Wildman–Crippen MR) is 82.4 cm³/mol. The van der Waals surface area contributed by atoms with Crippen LogP contribution in [0.15, 0.2) is 60.9 Å². The second-order valence-electron chi connectivity index (χ2n) is 4.94. The van der Waals surface area contributed by atoms with Crippen LogP contribution >= 0.6 is 0 Å². The van der Waals surface area contributed by atoms with Crippen LogP contribution in [0.2, 0.25) is 0 Å². The number of nitrogen functional groups attached to an aromatic ring is 1. The summed E-state index contributed by atoms with van der Waals surface area (Å²) in [6, 6.07) is 16.3. The van der Waals surface area contributed by atoms with Gasteiger partial charge in [0.2, 0.25) is 0 Å². The van der Waals surface area contributed by atoms with Crippen LogP contribution in [-0.2, 0) is 6.54 Å². The fourth-order valence-corrected chi connectivity index (χ4v) is 2.26. The monoisotopic (exact) mass is 263 g/mol. The third-order valence-corrected chi connectivity index (χ3v) is 3.42. The van der Waals surface area contributed by atoms with Gasteiger partial charge in [-0.2, -0.15) is 0 Å². The first-order chi connectivity index (χ1) is 9.74. The van der Waals surface area contributed by atoms with E-state index in [9.17, 15) is 0 Å². The number of rotatable bonds is 3. The van der Waals surface area contributed by atoms with Crippen molar-refractivity contribution in [2.45, 2.75) is 13.5 Å². The predicted octanol–water partition coefficient (Wildman–Crippen LogP) is 3.49. The third kappa shape index (κ3) is 2.43. The Morgan fingerprint density at radius 1 is 1.05 bits per heavy atom. The molecule has 3 aromatic rings. The topological polar surface area (TPSA) is 43.8 Å². The highest BCUT2D eigenvalue weighted by atomic mass is 15.1. The molecule has 0 fully saturated rings. The maximum atomic E-state index is 6.01. The number of para-hydroxylation sites is 1. The molecule has 1 aromatic heterocycles. The second kappa shape index (κ2) is 5.21. The van der Waals surface area contributed by atoms with Crippen LogP contribution in [0, 0.1) is 6.92 Å². The first kappa shape index (κ1) is 12.5. The molecule has 1 heterocycles. The lowest BCUT2D eigenvalue weighted by molar-refractivity contribution is 0.809. The molecule has 0 atom stereocenters. The zero-order valence-corrected chi connectivity index (χ0v) is 11.5. The Morgan fingerprint density at radius 3 is 2.55 bits per heavy atom. The van der Waals surface area contributed by atoms with E-state index >= 15 is 0 Å². The van der Waals surface area contributed by atoms with Gasteiger partial charge in [-0.05, 0) is 18.6 Å². The second-order valence-corrected chi connectivity index (χ2v) is 4.94. The van der Waals surface area contributed by atoms with Gasteiger partial charge in [-0.1, -0.05) is 48.0 Å². The summed E-state index contributed by atoms with van der Waals surface area (Å²) in [5, 5.41) is 0. The largest absolute Gasteiger partial charge is 0.398 e. The van der Waals surface area contributed by atoms with Crippen molar-refractivity contribution in [2.75, 3.05) is 5.73 Å². The number of hydrogen-bond acceptors (Lipinski definition) is 2. The summed E-state index contributed by atoms with van der Waals surface area (Å²) >= 11 is 0. The summed E-state index contributed by atoms with van der Waals surface area (Å²) in [4.78, 5) is 4.46. The van der Waals surface area contributed by atoms with Crippen LogP contribution in [-0.4, -0.2) is 9.55 Å². The van der Waals surface area contributed by atoms with E-state index in [0.29, 0.717) is 0 Å². The third-order valence-electron chi connectivity index (χ3n) is 3.42. The van der Waals surface area contributed by atoms with Crippen molar-refractivity contribution in [2.24, 2.45) is 0 Å². The van der Waals surface area contributed by atoms with Gasteiger partial charge < -0.3 is 10.3 Å². The Hall–Kier alpha value is -2.55. The molecule has 100 valence electrons. The van der Waals surface area contributed by atoms with Gasteiger partial charge >= 0.3 is 0 Å². The minimum absolute atomic E-state index is 0.732. The smallest absolute Gasteiger partial charge is 0.140 e. The van der Waals surface area contributed by atoms with Gasteiger partial charge in [0, 0.05) is 23.6 Å².